The van der Waals surface area contributed by atoms with E-state index in [1.54, 1.807) is 0 Å². The van der Waals surface area contributed by atoms with E-state index < -0.39 is 53.6 Å². The van der Waals surface area contributed by atoms with E-state index >= 15 is 0 Å². The summed E-state index contributed by atoms with van der Waals surface area (Å²) in [5.41, 5.74) is 10.7. The van der Waals surface area contributed by atoms with Gasteiger partial charge in [-0.3, -0.25) is 28.8 Å². The molecule has 49 heavy (non-hydrogen) atoms. The third-order valence-electron chi connectivity index (χ3n) is 9.22. The number of benzene rings is 2. The normalized spacial score (nSPS) is 17.2. The van der Waals surface area contributed by atoms with Crippen molar-refractivity contribution in [3.05, 3.63) is 76.9 Å². The maximum absolute atomic E-state index is 14.1. The summed E-state index contributed by atoms with van der Waals surface area (Å²) in [6, 6.07) is 12.5. The summed E-state index contributed by atoms with van der Waals surface area (Å²) < 4.78 is 4.71. The van der Waals surface area contributed by atoms with E-state index in [1.165, 1.54) is 12.0 Å². The Morgan fingerprint density at radius 2 is 1.71 bits per heavy atom. The third kappa shape index (κ3) is 10.2. The predicted octanol–water partition coefficient (Wildman–Crippen LogP) is 3.17. The fourth-order valence-corrected chi connectivity index (χ4v) is 6.55. The number of primary amides is 1. The van der Waals surface area contributed by atoms with Gasteiger partial charge in [0.05, 0.1) is 13.2 Å². The molecule has 1 saturated heterocycles. The smallest absolute Gasteiger partial charge is 0.305 e. The molecule has 12 heteroatoms. The largest absolute Gasteiger partial charge is 0.469 e. The summed E-state index contributed by atoms with van der Waals surface area (Å²) in [5.74, 6) is -4.29. The van der Waals surface area contributed by atoms with Crippen LogP contribution in [0.25, 0.3) is 5.57 Å². The SMILES string of the molecule is COC(=O)CC[C@H](NC(=O)CCl)C(=O)N1CCCC[C@H]1C(=O)N[C@@H](CC1=CCc2ccccc21)C(=O)C[C@@H](Cc1ccc(C)cc1)C(N)=O. The number of allylic oxidation sites excluding steroid dienone is 1. The van der Waals surface area contributed by atoms with Crippen molar-refractivity contribution in [1.82, 2.24) is 15.5 Å². The number of alkyl halides is 1. The van der Waals surface area contributed by atoms with Crippen LogP contribution >= 0.6 is 11.6 Å². The quantitative estimate of drug-likeness (QED) is 0.180. The van der Waals surface area contributed by atoms with Crippen LogP contribution in [0.15, 0.2) is 54.6 Å². The van der Waals surface area contributed by atoms with Crippen LogP contribution in [0.3, 0.4) is 0 Å². The molecule has 0 spiro atoms. The molecule has 1 aliphatic heterocycles. The van der Waals surface area contributed by atoms with Gasteiger partial charge < -0.3 is 26.0 Å². The Labute approximate surface area is 291 Å². The average Bonchev–Trinajstić information content (AvgIpc) is 3.52. The number of hydrogen-bond acceptors (Lipinski definition) is 7. The molecule has 0 aromatic heterocycles. The first-order valence-electron chi connectivity index (χ1n) is 16.7. The van der Waals surface area contributed by atoms with E-state index in [9.17, 15) is 28.8 Å². The molecule has 4 amide bonds. The first-order chi connectivity index (χ1) is 23.5. The van der Waals surface area contributed by atoms with Crippen LogP contribution in [0.4, 0.5) is 0 Å². The van der Waals surface area contributed by atoms with Gasteiger partial charge in [-0.2, -0.15) is 0 Å². The van der Waals surface area contributed by atoms with Gasteiger partial charge >= 0.3 is 5.97 Å². The van der Waals surface area contributed by atoms with Gasteiger partial charge in [0.1, 0.15) is 18.0 Å². The van der Waals surface area contributed by atoms with Crippen molar-refractivity contribution in [3.8, 4) is 0 Å². The highest BCUT2D eigenvalue weighted by Gasteiger charge is 2.38. The molecule has 1 aliphatic carbocycles. The number of carbonyl (C=O) groups is 6. The molecule has 2 aromatic rings. The number of rotatable bonds is 16. The molecular formula is C37H45ClN4O7. The van der Waals surface area contributed by atoms with Crippen molar-refractivity contribution in [1.29, 1.82) is 0 Å². The number of amides is 4. The van der Waals surface area contributed by atoms with Crippen LogP contribution in [0.1, 0.15) is 67.2 Å². The number of halogens is 1. The monoisotopic (exact) mass is 692 g/mol. The zero-order valence-electron chi connectivity index (χ0n) is 28.0. The van der Waals surface area contributed by atoms with Crippen molar-refractivity contribution >= 4 is 52.6 Å². The summed E-state index contributed by atoms with van der Waals surface area (Å²) in [6.45, 7) is 2.21. The molecule has 0 unspecified atom stereocenters. The van der Waals surface area contributed by atoms with E-state index in [0.29, 0.717) is 25.7 Å². The van der Waals surface area contributed by atoms with Gasteiger partial charge in [-0.1, -0.05) is 60.2 Å². The van der Waals surface area contributed by atoms with Gasteiger partial charge in [0.25, 0.3) is 0 Å². The van der Waals surface area contributed by atoms with Crippen LogP contribution in [-0.4, -0.2) is 77.9 Å². The molecule has 0 saturated carbocycles. The Morgan fingerprint density at radius 3 is 2.41 bits per heavy atom. The second-order valence-corrected chi connectivity index (χ2v) is 13.0. The second kappa shape index (κ2) is 17.8. The number of nitrogens with one attached hydrogen (secondary N) is 2. The minimum absolute atomic E-state index is 0.0386. The molecule has 11 nitrogen and oxygen atoms in total. The fourth-order valence-electron chi connectivity index (χ4n) is 6.47. The Kier molecular flexibility index (Phi) is 13.5. The van der Waals surface area contributed by atoms with Crippen molar-refractivity contribution < 1.29 is 33.5 Å². The van der Waals surface area contributed by atoms with Crippen LogP contribution < -0.4 is 16.4 Å². The summed E-state index contributed by atoms with van der Waals surface area (Å²) in [5, 5.41) is 5.50. The van der Waals surface area contributed by atoms with Crippen LogP contribution in [0.5, 0.6) is 0 Å². The molecule has 1 fully saturated rings. The molecule has 1 heterocycles. The lowest BCUT2D eigenvalue weighted by Crippen LogP contribution is -2.59. The Hall–Kier alpha value is -4.51. The molecule has 2 aliphatic rings. The maximum Gasteiger partial charge on any atom is 0.305 e. The number of likely N-dealkylation sites (tertiary alicyclic amines) is 1. The number of ketones is 1. The van der Waals surface area contributed by atoms with Gasteiger partial charge in [0.2, 0.25) is 23.6 Å². The minimum Gasteiger partial charge on any atom is -0.469 e. The predicted molar refractivity (Wildman–Crippen MR) is 185 cm³/mol. The average molecular weight is 693 g/mol. The first kappa shape index (κ1) is 37.3. The number of hydrogen-bond donors (Lipinski definition) is 3. The van der Waals surface area contributed by atoms with Crippen molar-refractivity contribution in [2.45, 2.75) is 82.8 Å². The summed E-state index contributed by atoms with van der Waals surface area (Å²) in [7, 11) is 1.23. The number of nitrogens with zero attached hydrogens (tertiary/aromatic N) is 1. The minimum atomic E-state index is -1.10. The zero-order valence-corrected chi connectivity index (χ0v) is 28.8. The van der Waals surface area contributed by atoms with Gasteiger partial charge in [0.15, 0.2) is 5.78 Å². The molecule has 4 atom stereocenters. The lowest BCUT2D eigenvalue weighted by molar-refractivity contribution is -0.146. The van der Waals surface area contributed by atoms with Crippen LogP contribution in [0, 0.1) is 12.8 Å². The molecule has 4 N–H and O–H groups in total. The first-order valence-corrected chi connectivity index (χ1v) is 17.2. The van der Waals surface area contributed by atoms with Gasteiger partial charge in [-0.25, -0.2) is 0 Å². The highest BCUT2D eigenvalue weighted by molar-refractivity contribution is 6.27. The van der Waals surface area contributed by atoms with E-state index in [-0.39, 0.29) is 50.3 Å². The molecule has 262 valence electrons. The van der Waals surface area contributed by atoms with Crippen LogP contribution in [0.2, 0.25) is 0 Å². The molecule has 0 bridgehead atoms. The van der Waals surface area contributed by atoms with Crippen molar-refractivity contribution in [2.75, 3.05) is 19.5 Å². The molecular weight excluding hydrogens is 648 g/mol. The second-order valence-electron chi connectivity index (χ2n) is 12.7. The summed E-state index contributed by atoms with van der Waals surface area (Å²) >= 11 is 5.69. The fraction of sp³-hybridized carbons (Fsp3) is 0.459. The number of carbonyl (C=O) groups excluding carboxylic acids is 6. The number of fused-ring (bicyclic) bond motifs is 1. The van der Waals surface area contributed by atoms with Crippen molar-refractivity contribution in [3.63, 3.8) is 0 Å². The number of ether oxygens (including phenoxy) is 1. The van der Waals surface area contributed by atoms with Crippen LogP contribution in [-0.2, 0) is 46.3 Å². The number of piperidine rings is 1. The highest BCUT2D eigenvalue weighted by atomic mass is 35.5. The molecule has 0 radical (unpaired) electrons. The van der Waals surface area contributed by atoms with E-state index in [1.807, 2.05) is 61.5 Å². The Bertz CT molecular complexity index is 1570. The van der Waals surface area contributed by atoms with Gasteiger partial charge in [-0.05, 0) is 67.7 Å². The number of methoxy groups -OCH3 is 1. The number of nitrogens with two attached hydrogens (primary N) is 1. The topological polar surface area (TPSA) is 165 Å². The van der Waals surface area contributed by atoms with E-state index in [0.717, 1.165) is 27.8 Å². The lowest BCUT2D eigenvalue weighted by Gasteiger charge is -2.37. The Balaban J connectivity index is 1.56. The molecule has 4 rings (SSSR count). The summed E-state index contributed by atoms with van der Waals surface area (Å²) in [4.78, 5) is 79.9. The van der Waals surface area contributed by atoms with E-state index in [2.05, 4.69) is 10.6 Å². The summed E-state index contributed by atoms with van der Waals surface area (Å²) in [6.07, 6.45) is 4.52. The van der Waals surface area contributed by atoms with Gasteiger partial charge in [0, 0.05) is 31.7 Å². The number of Topliss-reactive ketones (excluding diaryl/α,β-unsaturated/α-hetero) is 1. The maximum atomic E-state index is 14.1. The third-order valence-corrected chi connectivity index (χ3v) is 9.46. The van der Waals surface area contributed by atoms with E-state index in [4.69, 9.17) is 22.1 Å². The number of esters is 1. The number of aryl methyl sites for hydroxylation is 1. The lowest BCUT2D eigenvalue weighted by atomic mass is 9.88. The zero-order chi connectivity index (χ0) is 35.5. The standard InChI is InChI=1S/C37H45ClN4O7/c1-23-10-12-24(13-11-23)19-27(35(39)46)21-32(43)30(20-26-15-14-25-7-3-4-8-28(25)26)41-36(47)31-9-5-6-18-42(31)37(48)29(40-33(44)22-38)16-17-34(45)49-2/h3-4,7-8,10-13,15,27,29-31H,5-6,9,14,16-22H2,1-2H3,(H2,39,46)(H,40,44)(H,41,47)/t27-,29+,30+,31+/m1/s1. The highest BCUT2D eigenvalue weighted by Crippen LogP contribution is 2.31. The molecule has 2 aromatic carbocycles. The Morgan fingerprint density at radius 1 is 0.980 bits per heavy atom. The van der Waals surface area contributed by atoms with Crippen molar-refractivity contribution in [2.24, 2.45) is 11.7 Å². The van der Waals surface area contributed by atoms with Gasteiger partial charge in [-0.15, -0.1) is 11.6 Å².